The Morgan fingerprint density at radius 3 is 2.48 bits per heavy atom. The maximum absolute atomic E-state index is 10.6. The number of benzene rings is 1. The zero-order chi connectivity index (χ0) is 15.4. The van der Waals surface area contributed by atoms with Crippen LogP contribution in [-0.4, -0.2) is 43.4 Å². The molecule has 0 heterocycles. The van der Waals surface area contributed by atoms with Crippen molar-refractivity contribution >= 4 is 0 Å². The van der Waals surface area contributed by atoms with E-state index in [1.807, 2.05) is 18.2 Å². The maximum atomic E-state index is 10.6. The van der Waals surface area contributed by atoms with Crippen molar-refractivity contribution in [3.05, 3.63) is 23.8 Å². The quantitative estimate of drug-likeness (QED) is 0.800. The van der Waals surface area contributed by atoms with Gasteiger partial charge < -0.3 is 14.6 Å². The molecular formula is C17H27NO3. The predicted octanol–water partition coefficient (Wildman–Crippen LogP) is 2.86. The third-order valence-electron chi connectivity index (χ3n) is 4.13. The van der Waals surface area contributed by atoms with E-state index in [1.165, 1.54) is 12.8 Å². The average molecular weight is 293 g/mol. The number of nitrogens with zero attached hydrogens (tertiary/aromatic N) is 1. The fourth-order valence-electron chi connectivity index (χ4n) is 2.54. The molecule has 0 saturated heterocycles. The van der Waals surface area contributed by atoms with Crippen molar-refractivity contribution in [1.29, 1.82) is 0 Å². The van der Waals surface area contributed by atoms with E-state index in [2.05, 4.69) is 18.7 Å². The highest BCUT2D eigenvalue weighted by atomic mass is 16.5. The van der Waals surface area contributed by atoms with Crippen LogP contribution in [-0.2, 0) is 0 Å². The van der Waals surface area contributed by atoms with E-state index >= 15 is 0 Å². The van der Waals surface area contributed by atoms with Gasteiger partial charge in [-0.25, -0.2) is 0 Å². The molecule has 4 nitrogen and oxygen atoms in total. The molecule has 118 valence electrons. The fraction of sp³-hybridized carbons (Fsp3) is 0.647. The van der Waals surface area contributed by atoms with Crippen molar-refractivity contribution in [3.8, 4) is 11.5 Å². The number of hydrogen-bond donors (Lipinski definition) is 1. The van der Waals surface area contributed by atoms with Gasteiger partial charge in [-0.05, 0) is 44.7 Å². The molecule has 1 N–H and O–H groups in total. The summed E-state index contributed by atoms with van der Waals surface area (Å²) in [5.41, 5.74) is 0.819. The molecule has 0 aromatic heterocycles. The first-order valence-corrected chi connectivity index (χ1v) is 7.69. The topological polar surface area (TPSA) is 41.9 Å². The van der Waals surface area contributed by atoms with Gasteiger partial charge in [0, 0.05) is 30.8 Å². The average Bonchev–Trinajstić information content (AvgIpc) is 3.29. The smallest absolute Gasteiger partial charge is 0.128 e. The van der Waals surface area contributed by atoms with Crippen LogP contribution in [0.5, 0.6) is 11.5 Å². The molecule has 0 radical (unpaired) electrons. The Labute approximate surface area is 127 Å². The zero-order valence-corrected chi connectivity index (χ0v) is 13.5. The largest absolute Gasteiger partial charge is 0.497 e. The standard InChI is InChI=1S/C17H27NO3/c1-12(2)18(10-13-5-6-13)11-16(19)15-8-7-14(20-3)9-17(15)21-4/h7-9,12-13,16,19H,5-6,10-11H2,1-4H3. The normalized spacial score (nSPS) is 16.3. The zero-order valence-electron chi connectivity index (χ0n) is 13.5. The molecule has 1 aliphatic rings. The highest BCUT2D eigenvalue weighted by Gasteiger charge is 2.27. The SMILES string of the molecule is COc1ccc(C(O)CN(CC2CC2)C(C)C)c(OC)c1. The summed E-state index contributed by atoms with van der Waals surface area (Å²) in [4.78, 5) is 2.35. The number of rotatable bonds is 8. The van der Waals surface area contributed by atoms with Crippen molar-refractivity contribution in [2.24, 2.45) is 5.92 Å². The molecule has 0 aliphatic heterocycles. The number of aliphatic hydroxyl groups is 1. The van der Waals surface area contributed by atoms with Crippen molar-refractivity contribution in [2.45, 2.75) is 38.8 Å². The van der Waals surface area contributed by atoms with Gasteiger partial charge in [0.05, 0.1) is 20.3 Å². The minimum absolute atomic E-state index is 0.435. The minimum atomic E-state index is -0.549. The summed E-state index contributed by atoms with van der Waals surface area (Å²) in [6, 6.07) is 6.00. The van der Waals surface area contributed by atoms with E-state index in [9.17, 15) is 5.11 Å². The fourth-order valence-corrected chi connectivity index (χ4v) is 2.54. The van der Waals surface area contributed by atoms with Gasteiger partial charge >= 0.3 is 0 Å². The molecule has 1 aromatic rings. The second-order valence-corrected chi connectivity index (χ2v) is 6.11. The van der Waals surface area contributed by atoms with E-state index < -0.39 is 6.10 Å². The summed E-state index contributed by atoms with van der Waals surface area (Å²) >= 11 is 0. The minimum Gasteiger partial charge on any atom is -0.497 e. The molecule has 0 spiro atoms. The Kier molecular flexibility index (Phi) is 5.48. The summed E-state index contributed by atoms with van der Waals surface area (Å²) in [6.07, 6.45) is 2.10. The molecule has 1 aromatic carbocycles. The van der Waals surface area contributed by atoms with Gasteiger partial charge in [0.25, 0.3) is 0 Å². The van der Waals surface area contributed by atoms with Crippen LogP contribution in [0, 0.1) is 5.92 Å². The Morgan fingerprint density at radius 1 is 1.24 bits per heavy atom. The van der Waals surface area contributed by atoms with Gasteiger partial charge in [0.1, 0.15) is 11.5 Å². The van der Waals surface area contributed by atoms with E-state index in [0.717, 1.165) is 23.8 Å². The van der Waals surface area contributed by atoms with Gasteiger partial charge in [-0.2, -0.15) is 0 Å². The van der Waals surface area contributed by atoms with Gasteiger partial charge in [-0.15, -0.1) is 0 Å². The maximum Gasteiger partial charge on any atom is 0.128 e. The Balaban J connectivity index is 2.08. The number of ether oxygens (including phenoxy) is 2. The predicted molar refractivity (Wildman–Crippen MR) is 83.9 cm³/mol. The van der Waals surface area contributed by atoms with Crippen molar-refractivity contribution in [1.82, 2.24) is 4.90 Å². The van der Waals surface area contributed by atoms with E-state index in [4.69, 9.17) is 9.47 Å². The van der Waals surface area contributed by atoms with Crippen LogP contribution in [0.25, 0.3) is 0 Å². The van der Waals surface area contributed by atoms with Crippen LogP contribution < -0.4 is 9.47 Å². The monoisotopic (exact) mass is 293 g/mol. The summed E-state index contributed by atoms with van der Waals surface area (Å²) in [7, 11) is 3.25. The van der Waals surface area contributed by atoms with E-state index in [0.29, 0.717) is 18.3 Å². The molecule has 1 aliphatic carbocycles. The molecule has 1 saturated carbocycles. The van der Waals surface area contributed by atoms with E-state index in [1.54, 1.807) is 14.2 Å². The van der Waals surface area contributed by atoms with Gasteiger partial charge in [-0.3, -0.25) is 4.90 Å². The summed E-state index contributed by atoms with van der Waals surface area (Å²) < 4.78 is 10.6. The third kappa shape index (κ3) is 4.35. The van der Waals surface area contributed by atoms with Crippen molar-refractivity contribution in [2.75, 3.05) is 27.3 Å². The van der Waals surface area contributed by atoms with Crippen molar-refractivity contribution in [3.63, 3.8) is 0 Å². The first-order valence-electron chi connectivity index (χ1n) is 7.69. The lowest BCUT2D eigenvalue weighted by Crippen LogP contribution is -2.36. The Hall–Kier alpha value is -1.26. The molecule has 1 unspecified atom stereocenters. The number of methoxy groups -OCH3 is 2. The third-order valence-corrected chi connectivity index (χ3v) is 4.13. The van der Waals surface area contributed by atoms with Gasteiger partial charge in [0.2, 0.25) is 0 Å². The molecule has 0 bridgehead atoms. The number of hydrogen-bond acceptors (Lipinski definition) is 4. The molecule has 1 atom stereocenters. The highest BCUT2D eigenvalue weighted by molar-refractivity contribution is 5.42. The van der Waals surface area contributed by atoms with Crippen LogP contribution in [0.1, 0.15) is 38.4 Å². The molecular weight excluding hydrogens is 266 g/mol. The number of aliphatic hydroxyl groups excluding tert-OH is 1. The molecule has 4 heteroatoms. The van der Waals surface area contributed by atoms with Crippen LogP contribution >= 0.6 is 0 Å². The summed E-state index contributed by atoms with van der Waals surface area (Å²) in [6.45, 7) is 6.07. The Bertz CT molecular complexity index is 457. The van der Waals surface area contributed by atoms with Crippen LogP contribution in [0.3, 0.4) is 0 Å². The molecule has 1 fully saturated rings. The summed E-state index contributed by atoms with van der Waals surface area (Å²) in [5, 5.41) is 10.6. The lowest BCUT2D eigenvalue weighted by molar-refractivity contribution is 0.0904. The first-order chi connectivity index (χ1) is 10.0. The van der Waals surface area contributed by atoms with Gasteiger partial charge in [0.15, 0.2) is 0 Å². The Morgan fingerprint density at radius 2 is 1.95 bits per heavy atom. The van der Waals surface area contributed by atoms with Gasteiger partial charge in [-0.1, -0.05) is 0 Å². The van der Waals surface area contributed by atoms with Crippen LogP contribution in [0.2, 0.25) is 0 Å². The van der Waals surface area contributed by atoms with E-state index in [-0.39, 0.29) is 0 Å². The van der Waals surface area contributed by atoms with Crippen LogP contribution in [0.4, 0.5) is 0 Å². The lowest BCUT2D eigenvalue weighted by Gasteiger charge is -2.29. The molecule has 2 rings (SSSR count). The highest BCUT2D eigenvalue weighted by Crippen LogP contribution is 2.33. The first kappa shape index (κ1) is 16.1. The lowest BCUT2D eigenvalue weighted by atomic mass is 10.1. The van der Waals surface area contributed by atoms with Crippen molar-refractivity contribution < 1.29 is 14.6 Å². The summed E-state index contributed by atoms with van der Waals surface area (Å²) in [5.74, 6) is 2.23. The second-order valence-electron chi connectivity index (χ2n) is 6.11. The van der Waals surface area contributed by atoms with Crippen LogP contribution in [0.15, 0.2) is 18.2 Å². The molecule has 0 amide bonds. The molecule has 21 heavy (non-hydrogen) atoms. The second kappa shape index (κ2) is 7.14.